The molecule has 0 bridgehead atoms. The highest BCUT2D eigenvalue weighted by atomic mass is 16.5. The Morgan fingerprint density at radius 2 is 1.84 bits per heavy atom. The van der Waals surface area contributed by atoms with E-state index in [-0.39, 0.29) is 24.3 Å². The van der Waals surface area contributed by atoms with Crippen molar-refractivity contribution in [3.63, 3.8) is 0 Å². The molecule has 1 heterocycles. The number of hydrogen-bond donors (Lipinski definition) is 1. The lowest BCUT2D eigenvalue weighted by Crippen LogP contribution is -2.48. The van der Waals surface area contributed by atoms with E-state index >= 15 is 0 Å². The predicted octanol–water partition coefficient (Wildman–Crippen LogP) is 1.66. The molecule has 1 atom stereocenters. The molecule has 2 rings (SSSR count). The number of morpholine rings is 1. The predicted molar refractivity (Wildman–Crippen MR) is 69.8 cm³/mol. The molecule has 1 saturated heterocycles. The van der Waals surface area contributed by atoms with Crippen molar-refractivity contribution >= 4 is 11.9 Å². The van der Waals surface area contributed by atoms with Crippen molar-refractivity contribution < 1.29 is 19.4 Å². The molecule has 0 aromatic rings. The maximum Gasteiger partial charge on any atom is 0.306 e. The van der Waals surface area contributed by atoms with Crippen LogP contribution in [-0.2, 0) is 14.3 Å². The maximum absolute atomic E-state index is 12.5. The van der Waals surface area contributed by atoms with Crippen LogP contribution in [0.25, 0.3) is 0 Å². The zero-order valence-corrected chi connectivity index (χ0v) is 11.3. The number of ether oxygens (including phenoxy) is 1. The second-order valence-corrected chi connectivity index (χ2v) is 5.56. The average Bonchev–Trinajstić information content (AvgIpc) is 2.66. The molecule has 1 amide bonds. The summed E-state index contributed by atoms with van der Waals surface area (Å²) in [6.07, 6.45) is 6.34. The van der Waals surface area contributed by atoms with E-state index in [1.165, 1.54) is 12.8 Å². The third-order valence-electron chi connectivity index (χ3n) is 4.06. The van der Waals surface area contributed by atoms with Gasteiger partial charge in [0.05, 0.1) is 19.1 Å². The van der Waals surface area contributed by atoms with Gasteiger partial charge in [-0.2, -0.15) is 0 Å². The fraction of sp³-hybridized carbons (Fsp3) is 0.857. The van der Waals surface area contributed by atoms with Crippen molar-refractivity contribution in [3.8, 4) is 0 Å². The van der Waals surface area contributed by atoms with E-state index in [2.05, 4.69) is 0 Å². The number of carboxylic acids is 1. The number of carboxylic acid groups (broad SMARTS) is 1. The highest BCUT2D eigenvalue weighted by molar-refractivity contribution is 5.79. The summed E-state index contributed by atoms with van der Waals surface area (Å²) in [5.41, 5.74) is 0. The first-order valence-electron chi connectivity index (χ1n) is 7.29. The van der Waals surface area contributed by atoms with E-state index in [9.17, 15) is 9.59 Å². The summed E-state index contributed by atoms with van der Waals surface area (Å²) in [5.74, 6) is -0.513. The van der Waals surface area contributed by atoms with E-state index in [0.717, 1.165) is 25.7 Å². The van der Waals surface area contributed by atoms with Gasteiger partial charge < -0.3 is 14.7 Å². The maximum atomic E-state index is 12.5. The van der Waals surface area contributed by atoms with Crippen LogP contribution in [0.1, 0.15) is 44.9 Å². The molecule has 5 heteroatoms. The number of hydrogen-bond acceptors (Lipinski definition) is 3. The van der Waals surface area contributed by atoms with E-state index in [0.29, 0.717) is 19.7 Å². The monoisotopic (exact) mass is 269 g/mol. The normalized spacial score (nSPS) is 25.9. The van der Waals surface area contributed by atoms with E-state index < -0.39 is 5.97 Å². The number of carbonyl (C=O) groups is 2. The Bertz CT molecular complexity index is 323. The van der Waals surface area contributed by atoms with Crippen LogP contribution in [0.4, 0.5) is 0 Å². The second-order valence-electron chi connectivity index (χ2n) is 5.56. The number of nitrogens with zero attached hydrogens (tertiary/aromatic N) is 1. The summed E-state index contributed by atoms with van der Waals surface area (Å²) >= 11 is 0. The van der Waals surface area contributed by atoms with Gasteiger partial charge in [0, 0.05) is 19.0 Å². The van der Waals surface area contributed by atoms with Gasteiger partial charge in [0.15, 0.2) is 0 Å². The third-order valence-corrected chi connectivity index (χ3v) is 4.06. The molecule has 1 N–H and O–H groups in total. The van der Waals surface area contributed by atoms with Crippen LogP contribution in [0.15, 0.2) is 0 Å². The molecular formula is C14H23NO4. The highest BCUT2D eigenvalue weighted by Crippen LogP contribution is 2.25. The Balaban J connectivity index is 1.88. The molecule has 108 valence electrons. The molecule has 5 nitrogen and oxygen atoms in total. The van der Waals surface area contributed by atoms with Gasteiger partial charge >= 0.3 is 5.97 Å². The zero-order valence-electron chi connectivity index (χ0n) is 11.3. The Morgan fingerprint density at radius 1 is 1.16 bits per heavy atom. The van der Waals surface area contributed by atoms with E-state index in [1.807, 2.05) is 4.90 Å². The van der Waals surface area contributed by atoms with Crippen LogP contribution in [0.5, 0.6) is 0 Å². The largest absolute Gasteiger partial charge is 0.481 e. The number of carbonyl (C=O) groups excluding carboxylic acids is 1. The minimum atomic E-state index is -0.867. The van der Waals surface area contributed by atoms with Gasteiger partial charge in [-0.1, -0.05) is 25.7 Å². The smallest absolute Gasteiger partial charge is 0.306 e. The molecule has 1 aliphatic heterocycles. The van der Waals surface area contributed by atoms with Crippen molar-refractivity contribution in [1.82, 2.24) is 4.90 Å². The summed E-state index contributed by atoms with van der Waals surface area (Å²) < 4.78 is 5.41. The first-order valence-corrected chi connectivity index (χ1v) is 7.29. The lowest BCUT2D eigenvalue weighted by molar-refractivity contribution is -0.150. The van der Waals surface area contributed by atoms with Gasteiger partial charge in [0.1, 0.15) is 0 Å². The first-order chi connectivity index (χ1) is 9.16. The van der Waals surface area contributed by atoms with Gasteiger partial charge in [-0.3, -0.25) is 9.59 Å². The summed E-state index contributed by atoms with van der Waals surface area (Å²) in [4.78, 5) is 25.0. The highest BCUT2D eigenvalue weighted by Gasteiger charge is 2.30. The summed E-state index contributed by atoms with van der Waals surface area (Å²) in [5, 5.41) is 8.79. The van der Waals surface area contributed by atoms with Crippen LogP contribution < -0.4 is 0 Å². The minimum absolute atomic E-state index is 0.0194. The van der Waals surface area contributed by atoms with Crippen molar-refractivity contribution in [2.45, 2.75) is 51.0 Å². The van der Waals surface area contributed by atoms with Crippen LogP contribution in [0.2, 0.25) is 0 Å². The van der Waals surface area contributed by atoms with Crippen LogP contribution in [0.3, 0.4) is 0 Å². The van der Waals surface area contributed by atoms with Gasteiger partial charge in [0.25, 0.3) is 0 Å². The summed E-state index contributed by atoms with van der Waals surface area (Å²) in [7, 11) is 0. The molecule has 1 unspecified atom stereocenters. The molecule has 19 heavy (non-hydrogen) atoms. The fourth-order valence-corrected chi connectivity index (χ4v) is 3.02. The Labute approximate surface area is 113 Å². The molecule has 0 aromatic carbocycles. The van der Waals surface area contributed by atoms with Crippen molar-refractivity contribution in [3.05, 3.63) is 0 Å². The minimum Gasteiger partial charge on any atom is -0.481 e. The van der Waals surface area contributed by atoms with Gasteiger partial charge in [-0.05, 0) is 12.8 Å². The van der Waals surface area contributed by atoms with Crippen molar-refractivity contribution in [1.29, 1.82) is 0 Å². The van der Waals surface area contributed by atoms with Gasteiger partial charge in [-0.25, -0.2) is 0 Å². The second kappa shape index (κ2) is 6.89. The summed E-state index contributed by atoms with van der Waals surface area (Å²) in [6, 6.07) is 0. The molecule has 1 aliphatic carbocycles. The number of rotatable bonds is 3. The standard InChI is InChI=1S/C14H23NO4/c16-13(17)9-12-10-15(7-8-19-12)14(18)11-5-3-1-2-4-6-11/h11-12H,1-10H2,(H,16,17). The number of amides is 1. The molecule has 2 fully saturated rings. The van der Waals surface area contributed by atoms with Crippen molar-refractivity contribution in [2.75, 3.05) is 19.7 Å². The molecular weight excluding hydrogens is 246 g/mol. The van der Waals surface area contributed by atoms with E-state index in [1.54, 1.807) is 0 Å². The van der Waals surface area contributed by atoms with Crippen molar-refractivity contribution in [2.24, 2.45) is 5.92 Å². The molecule has 1 saturated carbocycles. The molecule has 0 spiro atoms. The SMILES string of the molecule is O=C(O)CC1CN(C(=O)C2CCCCCC2)CCO1. The van der Waals surface area contributed by atoms with Crippen LogP contribution in [-0.4, -0.2) is 47.7 Å². The zero-order chi connectivity index (χ0) is 13.7. The Kier molecular flexibility index (Phi) is 5.19. The summed E-state index contributed by atoms with van der Waals surface area (Å²) in [6.45, 7) is 1.49. The Hall–Kier alpha value is -1.10. The van der Waals surface area contributed by atoms with Gasteiger partial charge in [0.2, 0.25) is 5.91 Å². The lowest BCUT2D eigenvalue weighted by atomic mass is 9.98. The number of aliphatic carboxylic acids is 1. The fourth-order valence-electron chi connectivity index (χ4n) is 3.02. The Morgan fingerprint density at radius 3 is 2.47 bits per heavy atom. The van der Waals surface area contributed by atoms with Crippen LogP contribution in [0, 0.1) is 5.92 Å². The molecule has 0 radical (unpaired) electrons. The van der Waals surface area contributed by atoms with Gasteiger partial charge in [-0.15, -0.1) is 0 Å². The van der Waals surface area contributed by atoms with E-state index in [4.69, 9.17) is 9.84 Å². The molecule has 0 aromatic heterocycles. The van der Waals surface area contributed by atoms with Crippen LogP contribution >= 0.6 is 0 Å². The molecule has 2 aliphatic rings. The third kappa shape index (κ3) is 4.20. The average molecular weight is 269 g/mol. The lowest BCUT2D eigenvalue weighted by Gasteiger charge is -2.34. The topological polar surface area (TPSA) is 66.8 Å². The quantitative estimate of drug-likeness (QED) is 0.791. The first kappa shape index (κ1) is 14.3.